The van der Waals surface area contributed by atoms with Gasteiger partial charge in [-0.15, -0.1) is 0 Å². The van der Waals surface area contributed by atoms with Crippen molar-refractivity contribution in [2.75, 3.05) is 38.1 Å². The lowest BCUT2D eigenvalue weighted by Gasteiger charge is -2.34. The highest BCUT2D eigenvalue weighted by molar-refractivity contribution is 5.93. The summed E-state index contributed by atoms with van der Waals surface area (Å²) in [6.07, 6.45) is 5.11. The molecule has 2 aliphatic rings. The summed E-state index contributed by atoms with van der Waals surface area (Å²) in [5.41, 5.74) is 4.26. The second-order valence-corrected chi connectivity index (χ2v) is 12.7. The fourth-order valence-corrected chi connectivity index (χ4v) is 5.53. The number of nitrogens with zero attached hydrogens (tertiary/aromatic N) is 4. The van der Waals surface area contributed by atoms with E-state index in [-0.39, 0.29) is 17.2 Å². The molecule has 1 aliphatic heterocycles. The number of carbonyl (C=O) groups excluding carboxylic acids is 2. The molecule has 1 saturated heterocycles. The van der Waals surface area contributed by atoms with Crippen LogP contribution < -0.4 is 4.90 Å². The summed E-state index contributed by atoms with van der Waals surface area (Å²) >= 11 is 0. The molecule has 0 bridgehead atoms. The lowest BCUT2D eigenvalue weighted by atomic mass is 9.82. The molecule has 2 fully saturated rings. The van der Waals surface area contributed by atoms with Crippen molar-refractivity contribution in [3.63, 3.8) is 0 Å². The van der Waals surface area contributed by atoms with Crippen molar-refractivity contribution >= 4 is 17.6 Å². The first-order chi connectivity index (χ1) is 18.0. The average molecular weight is 519 g/mol. The molecule has 4 rings (SSSR count). The number of benzene rings is 1. The van der Waals surface area contributed by atoms with Crippen LogP contribution in [-0.4, -0.2) is 59.8 Å². The Morgan fingerprint density at radius 1 is 1.16 bits per heavy atom. The minimum absolute atomic E-state index is 0.119. The molecule has 2 amide bonds. The quantitative estimate of drug-likeness (QED) is 0.391. The SMILES string of the molecule is CCC(CC(=O)N(C)c1nc(-c2cccc(CN3CCN(CC4CC4)C(=O)C3)c2)ccc1C)CC(C)(C)C. The van der Waals surface area contributed by atoms with Crippen molar-refractivity contribution in [2.24, 2.45) is 17.3 Å². The molecular formula is C32H46N4O2. The number of rotatable bonds is 10. The van der Waals surface area contributed by atoms with Crippen LogP contribution in [0.25, 0.3) is 11.3 Å². The summed E-state index contributed by atoms with van der Waals surface area (Å²) < 4.78 is 0. The van der Waals surface area contributed by atoms with Gasteiger partial charge in [0.15, 0.2) is 0 Å². The van der Waals surface area contributed by atoms with E-state index in [0.717, 1.165) is 67.6 Å². The minimum atomic E-state index is 0.119. The van der Waals surface area contributed by atoms with E-state index in [2.05, 4.69) is 62.9 Å². The minimum Gasteiger partial charge on any atom is -0.340 e. The maximum atomic E-state index is 13.2. The third-order valence-corrected chi connectivity index (χ3v) is 7.91. The van der Waals surface area contributed by atoms with Gasteiger partial charge in [-0.3, -0.25) is 19.4 Å². The van der Waals surface area contributed by atoms with Crippen molar-refractivity contribution in [2.45, 2.75) is 73.3 Å². The van der Waals surface area contributed by atoms with E-state index in [1.54, 1.807) is 4.90 Å². The molecule has 6 heteroatoms. The normalized spacial score (nSPS) is 17.5. The summed E-state index contributed by atoms with van der Waals surface area (Å²) in [6, 6.07) is 12.5. The number of pyridine rings is 1. The maximum Gasteiger partial charge on any atom is 0.236 e. The highest BCUT2D eigenvalue weighted by Gasteiger charge is 2.30. The van der Waals surface area contributed by atoms with Gasteiger partial charge in [-0.25, -0.2) is 4.98 Å². The number of aryl methyl sites for hydroxylation is 1. The van der Waals surface area contributed by atoms with Crippen molar-refractivity contribution in [1.29, 1.82) is 0 Å². The van der Waals surface area contributed by atoms with Crippen LogP contribution in [0.2, 0.25) is 0 Å². The number of aromatic nitrogens is 1. The zero-order valence-electron chi connectivity index (χ0n) is 24.3. The van der Waals surface area contributed by atoms with Crippen LogP contribution in [0.1, 0.15) is 70.9 Å². The fraction of sp³-hybridized carbons (Fsp3) is 0.594. The van der Waals surface area contributed by atoms with E-state index in [1.807, 2.05) is 24.9 Å². The van der Waals surface area contributed by atoms with E-state index in [1.165, 1.54) is 18.4 Å². The molecule has 1 aliphatic carbocycles. The number of amides is 2. The largest absolute Gasteiger partial charge is 0.340 e. The lowest BCUT2D eigenvalue weighted by molar-refractivity contribution is -0.136. The van der Waals surface area contributed by atoms with Gasteiger partial charge in [0.1, 0.15) is 5.82 Å². The lowest BCUT2D eigenvalue weighted by Crippen LogP contribution is -2.50. The van der Waals surface area contributed by atoms with E-state index in [0.29, 0.717) is 18.9 Å². The van der Waals surface area contributed by atoms with Gasteiger partial charge >= 0.3 is 0 Å². The van der Waals surface area contributed by atoms with Crippen LogP contribution >= 0.6 is 0 Å². The molecule has 6 nitrogen and oxygen atoms in total. The van der Waals surface area contributed by atoms with Crippen molar-refractivity contribution in [3.05, 3.63) is 47.5 Å². The van der Waals surface area contributed by atoms with E-state index in [9.17, 15) is 9.59 Å². The standard InChI is InChI=1S/C32H46N4O2/c1-7-24(19-32(3,4)5)18-29(37)34(6)31-23(2)11-14-28(33-31)27-10-8-9-26(17-27)20-35-15-16-36(30(38)22-35)21-25-12-13-25/h8-11,14,17,24-25H,7,12-13,15-16,18-22H2,1-6H3. The van der Waals surface area contributed by atoms with Gasteiger partial charge in [0.05, 0.1) is 12.2 Å². The number of carbonyl (C=O) groups is 2. The molecule has 1 atom stereocenters. The Hall–Kier alpha value is -2.73. The number of anilines is 1. The van der Waals surface area contributed by atoms with Crippen LogP contribution in [0.5, 0.6) is 0 Å². The van der Waals surface area contributed by atoms with Gasteiger partial charge in [-0.05, 0) is 66.7 Å². The molecule has 38 heavy (non-hydrogen) atoms. The summed E-state index contributed by atoms with van der Waals surface area (Å²) in [4.78, 5) is 36.8. The second-order valence-electron chi connectivity index (χ2n) is 12.7. The predicted octanol–water partition coefficient (Wildman–Crippen LogP) is 5.93. The number of hydrogen-bond donors (Lipinski definition) is 0. The summed E-state index contributed by atoms with van der Waals surface area (Å²) in [6.45, 7) is 14.8. The first-order valence-corrected chi connectivity index (χ1v) is 14.4. The van der Waals surface area contributed by atoms with Crippen LogP contribution in [0, 0.1) is 24.2 Å². The van der Waals surface area contributed by atoms with Gasteiger partial charge < -0.3 is 4.90 Å². The van der Waals surface area contributed by atoms with Crippen molar-refractivity contribution in [3.8, 4) is 11.3 Å². The Kier molecular flexibility index (Phi) is 8.92. The molecule has 2 heterocycles. The predicted molar refractivity (Wildman–Crippen MR) is 155 cm³/mol. The Morgan fingerprint density at radius 2 is 1.92 bits per heavy atom. The van der Waals surface area contributed by atoms with Crippen LogP contribution in [0.4, 0.5) is 5.82 Å². The second kappa shape index (κ2) is 12.0. The molecule has 0 spiro atoms. The Bertz CT molecular complexity index is 1130. The molecular weight excluding hydrogens is 472 g/mol. The number of piperazine rings is 1. The molecule has 0 N–H and O–H groups in total. The zero-order chi connectivity index (χ0) is 27.4. The highest BCUT2D eigenvalue weighted by atomic mass is 16.2. The van der Waals surface area contributed by atoms with Gasteiger partial charge in [0, 0.05) is 45.2 Å². The molecule has 206 valence electrons. The van der Waals surface area contributed by atoms with E-state index in [4.69, 9.17) is 4.98 Å². The average Bonchev–Trinajstić information content (AvgIpc) is 3.68. The van der Waals surface area contributed by atoms with Gasteiger partial charge in [0.25, 0.3) is 0 Å². The summed E-state index contributed by atoms with van der Waals surface area (Å²) in [5.74, 6) is 2.20. The van der Waals surface area contributed by atoms with E-state index < -0.39 is 0 Å². The van der Waals surface area contributed by atoms with Crippen LogP contribution in [-0.2, 0) is 16.1 Å². The third kappa shape index (κ3) is 7.66. The monoisotopic (exact) mass is 518 g/mol. The summed E-state index contributed by atoms with van der Waals surface area (Å²) in [7, 11) is 1.85. The highest BCUT2D eigenvalue weighted by Crippen LogP contribution is 2.31. The smallest absolute Gasteiger partial charge is 0.236 e. The van der Waals surface area contributed by atoms with Crippen LogP contribution in [0.15, 0.2) is 36.4 Å². The van der Waals surface area contributed by atoms with Crippen molar-refractivity contribution < 1.29 is 9.59 Å². The van der Waals surface area contributed by atoms with Crippen LogP contribution in [0.3, 0.4) is 0 Å². The van der Waals surface area contributed by atoms with Gasteiger partial charge in [-0.2, -0.15) is 0 Å². The zero-order valence-corrected chi connectivity index (χ0v) is 24.3. The number of hydrogen-bond acceptors (Lipinski definition) is 4. The Labute approximate surface area is 229 Å². The molecule has 1 aromatic heterocycles. The topological polar surface area (TPSA) is 56.8 Å². The first-order valence-electron chi connectivity index (χ1n) is 14.4. The first kappa shape index (κ1) is 28.3. The molecule has 1 unspecified atom stereocenters. The maximum absolute atomic E-state index is 13.2. The molecule has 2 aromatic rings. The van der Waals surface area contributed by atoms with Gasteiger partial charge in [-0.1, -0.05) is 58.4 Å². The molecule has 1 aromatic carbocycles. The Balaban J connectivity index is 1.43. The summed E-state index contributed by atoms with van der Waals surface area (Å²) in [5, 5.41) is 0. The Morgan fingerprint density at radius 3 is 2.58 bits per heavy atom. The van der Waals surface area contributed by atoms with Crippen molar-refractivity contribution in [1.82, 2.24) is 14.8 Å². The molecule has 1 saturated carbocycles. The van der Waals surface area contributed by atoms with E-state index >= 15 is 0 Å². The molecule has 0 radical (unpaired) electrons. The third-order valence-electron chi connectivity index (χ3n) is 7.91. The fourth-order valence-electron chi connectivity index (χ4n) is 5.53. The van der Waals surface area contributed by atoms with Gasteiger partial charge in [0.2, 0.25) is 11.8 Å².